The van der Waals surface area contributed by atoms with Gasteiger partial charge in [0.15, 0.2) is 11.4 Å². The monoisotopic (exact) mass is 495 g/mol. The molecule has 0 saturated carbocycles. The first-order valence-electron chi connectivity index (χ1n) is 9.60. The molecule has 0 radical (unpaired) electrons. The van der Waals surface area contributed by atoms with Gasteiger partial charge >= 0.3 is 6.18 Å². The first-order valence-corrected chi connectivity index (χ1v) is 11.6. The van der Waals surface area contributed by atoms with E-state index in [2.05, 4.69) is 20.5 Å². The lowest BCUT2D eigenvalue weighted by Gasteiger charge is -2.16. The number of rotatable bonds is 6. The molecule has 1 aromatic carbocycles. The zero-order chi connectivity index (χ0) is 25.3. The van der Waals surface area contributed by atoms with E-state index in [1.807, 2.05) is 0 Å². The van der Waals surface area contributed by atoms with Gasteiger partial charge in [-0.2, -0.15) is 13.2 Å². The molecule has 0 bridgehead atoms. The van der Waals surface area contributed by atoms with Crippen LogP contribution in [0.25, 0.3) is 0 Å². The van der Waals surface area contributed by atoms with Crippen molar-refractivity contribution in [3.05, 3.63) is 58.9 Å². The van der Waals surface area contributed by atoms with Crippen LogP contribution >= 0.6 is 0 Å². The second-order valence-corrected chi connectivity index (χ2v) is 9.38. The number of halogens is 3. The number of hydrogen-bond acceptors (Lipinski definition) is 8. The Morgan fingerprint density at radius 3 is 2.44 bits per heavy atom. The second-order valence-electron chi connectivity index (χ2n) is 7.22. The van der Waals surface area contributed by atoms with Crippen LogP contribution in [0.4, 0.5) is 18.9 Å². The van der Waals surface area contributed by atoms with Gasteiger partial charge in [0, 0.05) is 22.9 Å². The third kappa shape index (κ3) is 5.42. The van der Waals surface area contributed by atoms with Crippen LogP contribution in [-0.4, -0.2) is 38.7 Å². The summed E-state index contributed by atoms with van der Waals surface area (Å²) in [4.78, 5) is 17.4. The summed E-state index contributed by atoms with van der Waals surface area (Å²) in [6.07, 6.45) is -3.65. The van der Waals surface area contributed by atoms with E-state index < -0.39 is 44.5 Å². The SMILES string of the molecule is COc1ccc(Oc2nnc(C(F)(F)F)c(C)c2C(=O)Nc2cccc([S@@](C)(=N)=O)c2)c(C)n1. The largest absolute Gasteiger partial charge is 0.481 e. The van der Waals surface area contributed by atoms with Crippen molar-refractivity contribution >= 4 is 21.3 Å². The molecule has 0 aliphatic rings. The summed E-state index contributed by atoms with van der Waals surface area (Å²) in [5, 5.41) is 9.18. The Morgan fingerprint density at radius 1 is 1.15 bits per heavy atom. The first kappa shape index (κ1) is 24.9. The molecule has 2 N–H and O–H groups in total. The van der Waals surface area contributed by atoms with E-state index in [-0.39, 0.29) is 16.3 Å². The Labute approximate surface area is 193 Å². The average molecular weight is 495 g/mol. The van der Waals surface area contributed by atoms with E-state index in [0.29, 0.717) is 11.6 Å². The molecule has 0 unspecified atom stereocenters. The smallest absolute Gasteiger partial charge is 0.435 e. The maximum Gasteiger partial charge on any atom is 0.435 e. The number of carbonyl (C=O) groups excluding carboxylic acids is 1. The molecular formula is C21H20F3N5O4S. The number of pyridine rings is 1. The molecule has 13 heteroatoms. The molecule has 2 heterocycles. The maximum atomic E-state index is 13.5. The number of aromatic nitrogens is 3. The number of alkyl halides is 3. The van der Waals surface area contributed by atoms with Crippen molar-refractivity contribution in [1.82, 2.24) is 15.2 Å². The third-order valence-electron chi connectivity index (χ3n) is 4.65. The van der Waals surface area contributed by atoms with Crippen LogP contribution < -0.4 is 14.8 Å². The number of carbonyl (C=O) groups is 1. The van der Waals surface area contributed by atoms with Crippen molar-refractivity contribution in [1.29, 1.82) is 4.78 Å². The van der Waals surface area contributed by atoms with Crippen LogP contribution in [0.1, 0.15) is 27.3 Å². The highest BCUT2D eigenvalue weighted by atomic mass is 32.2. The number of nitrogens with zero attached hydrogens (tertiary/aromatic N) is 3. The van der Waals surface area contributed by atoms with Crippen LogP contribution in [0, 0.1) is 18.6 Å². The van der Waals surface area contributed by atoms with Gasteiger partial charge in [0.05, 0.1) is 22.5 Å². The molecule has 34 heavy (non-hydrogen) atoms. The van der Waals surface area contributed by atoms with Gasteiger partial charge in [0.2, 0.25) is 5.88 Å². The third-order valence-corrected chi connectivity index (χ3v) is 5.80. The highest BCUT2D eigenvalue weighted by Crippen LogP contribution is 2.35. The highest BCUT2D eigenvalue weighted by molar-refractivity contribution is 7.91. The van der Waals surface area contributed by atoms with Crippen molar-refractivity contribution in [2.75, 3.05) is 18.7 Å². The second kappa shape index (κ2) is 9.25. The minimum absolute atomic E-state index is 0.127. The topological polar surface area (TPSA) is 127 Å². The van der Waals surface area contributed by atoms with Gasteiger partial charge in [-0.25, -0.2) is 14.0 Å². The summed E-state index contributed by atoms with van der Waals surface area (Å²) >= 11 is 0. The molecule has 0 aliphatic heterocycles. The minimum Gasteiger partial charge on any atom is -0.481 e. The first-order chi connectivity index (χ1) is 15.8. The van der Waals surface area contributed by atoms with E-state index in [1.165, 1.54) is 49.8 Å². The summed E-state index contributed by atoms with van der Waals surface area (Å²) in [7, 11) is -1.66. The van der Waals surface area contributed by atoms with Crippen LogP contribution in [0.5, 0.6) is 17.5 Å². The Balaban J connectivity index is 2.07. The van der Waals surface area contributed by atoms with Crippen LogP contribution in [-0.2, 0) is 15.9 Å². The number of benzene rings is 1. The van der Waals surface area contributed by atoms with E-state index in [0.717, 1.165) is 6.92 Å². The standard InChI is InChI=1S/C21H20F3N5O4S/c1-11-17(19(30)27-13-6-5-7-14(10-13)34(4,25)31)20(29-28-18(11)21(22,23)24)33-15-8-9-16(32-3)26-12(15)2/h5-10,25H,1-4H3,(H,27,30)/t34-/m0/s1. The van der Waals surface area contributed by atoms with Gasteiger partial charge in [-0.05, 0) is 43.7 Å². The zero-order valence-corrected chi connectivity index (χ0v) is 19.3. The van der Waals surface area contributed by atoms with E-state index >= 15 is 0 Å². The molecule has 9 nitrogen and oxygen atoms in total. The van der Waals surface area contributed by atoms with Crippen molar-refractivity contribution in [2.24, 2.45) is 0 Å². The fraction of sp³-hybridized carbons (Fsp3) is 0.238. The molecule has 1 amide bonds. The Bertz CT molecular complexity index is 1360. The Hall–Kier alpha value is -3.74. The normalized spacial score (nSPS) is 13.1. The number of hydrogen-bond donors (Lipinski definition) is 2. The van der Waals surface area contributed by atoms with E-state index in [9.17, 15) is 22.2 Å². The van der Waals surface area contributed by atoms with Gasteiger partial charge in [0.25, 0.3) is 11.8 Å². The quantitative estimate of drug-likeness (QED) is 0.512. The summed E-state index contributed by atoms with van der Waals surface area (Å²) in [6, 6.07) is 8.60. The van der Waals surface area contributed by atoms with Crippen molar-refractivity contribution in [3.63, 3.8) is 0 Å². The summed E-state index contributed by atoms with van der Waals surface area (Å²) < 4.78 is 70.7. The van der Waals surface area contributed by atoms with Crippen molar-refractivity contribution in [3.8, 4) is 17.5 Å². The Kier molecular flexibility index (Phi) is 6.77. The van der Waals surface area contributed by atoms with Crippen molar-refractivity contribution < 1.29 is 31.6 Å². The molecular weight excluding hydrogens is 475 g/mol. The summed E-state index contributed by atoms with van der Waals surface area (Å²) in [6.45, 7) is 2.66. The number of amides is 1. The maximum absolute atomic E-state index is 13.5. The number of anilines is 1. The lowest BCUT2D eigenvalue weighted by atomic mass is 10.1. The molecule has 3 rings (SSSR count). The molecule has 2 aromatic heterocycles. The van der Waals surface area contributed by atoms with Gasteiger partial charge in [-0.15, -0.1) is 10.2 Å². The average Bonchev–Trinajstić information content (AvgIpc) is 2.73. The number of methoxy groups -OCH3 is 1. The zero-order valence-electron chi connectivity index (χ0n) is 18.5. The van der Waals surface area contributed by atoms with Gasteiger partial charge in [-0.3, -0.25) is 4.79 Å². The predicted molar refractivity (Wildman–Crippen MR) is 117 cm³/mol. The fourth-order valence-electron chi connectivity index (χ4n) is 2.97. The van der Waals surface area contributed by atoms with Crippen LogP contribution in [0.15, 0.2) is 41.3 Å². The van der Waals surface area contributed by atoms with E-state index in [1.54, 1.807) is 6.92 Å². The highest BCUT2D eigenvalue weighted by Gasteiger charge is 2.38. The Morgan fingerprint density at radius 2 is 1.85 bits per heavy atom. The summed E-state index contributed by atoms with van der Waals surface area (Å²) in [5.41, 5.74) is -1.87. The number of nitrogens with one attached hydrogen (secondary N) is 2. The molecule has 1 atom stereocenters. The summed E-state index contributed by atoms with van der Waals surface area (Å²) in [5.74, 6) is -1.00. The van der Waals surface area contributed by atoms with Crippen LogP contribution in [0.3, 0.4) is 0 Å². The molecule has 0 aliphatic carbocycles. The van der Waals surface area contributed by atoms with Gasteiger partial charge in [-0.1, -0.05) is 6.07 Å². The van der Waals surface area contributed by atoms with Gasteiger partial charge < -0.3 is 14.8 Å². The number of ether oxygens (including phenoxy) is 2. The molecule has 0 spiro atoms. The van der Waals surface area contributed by atoms with Crippen LogP contribution in [0.2, 0.25) is 0 Å². The molecule has 3 aromatic rings. The molecule has 0 saturated heterocycles. The predicted octanol–water partition coefficient (Wildman–Crippen LogP) is 4.60. The minimum atomic E-state index is -4.86. The molecule has 0 fully saturated rings. The number of aryl methyl sites for hydroxylation is 1. The van der Waals surface area contributed by atoms with Crippen molar-refractivity contribution in [2.45, 2.75) is 24.9 Å². The molecule has 180 valence electrons. The lowest BCUT2D eigenvalue weighted by molar-refractivity contribution is -0.142. The fourth-order valence-corrected chi connectivity index (χ4v) is 3.66. The van der Waals surface area contributed by atoms with Gasteiger partial charge in [0.1, 0.15) is 5.56 Å². The lowest BCUT2D eigenvalue weighted by Crippen LogP contribution is -2.21. The van der Waals surface area contributed by atoms with E-state index in [4.69, 9.17) is 14.3 Å².